The normalized spacial score (nSPS) is 10.4. The third-order valence-electron chi connectivity index (χ3n) is 3.10. The topological polar surface area (TPSA) is 66.9 Å². The molecule has 7 heteroatoms. The van der Waals surface area contributed by atoms with E-state index in [0.29, 0.717) is 33.7 Å². The van der Waals surface area contributed by atoms with Crippen LogP contribution >= 0.6 is 23.2 Å². The highest BCUT2D eigenvalue weighted by Gasteiger charge is 2.12. The fourth-order valence-electron chi connectivity index (χ4n) is 1.94. The molecule has 0 aliphatic heterocycles. The average Bonchev–Trinajstić information content (AvgIpc) is 2.51. The van der Waals surface area contributed by atoms with Crippen molar-refractivity contribution in [3.63, 3.8) is 0 Å². The number of nitrogens with one attached hydrogen (secondary N) is 2. The van der Waals surface area contributed by atoms with Crippen LogP contribution in [0.2, 0.25) is 10.0 Å². The van der Waals surface area contributed by atoms with Crippen LogP contribution in [0.3, 0.4) is 0 Å². The summed E-state index contributed by atoms with van der Waals surface area (Å²) in [5.74, 6) is 0.0536. The molecule has 0 saturated heterocycles. The first-order chi connectivity index (χ1) is 11.0. The number of anilines is 2. The van der Waals surface area contributed by atoms with Gasteiger partial charge in [-0.05, 0) is 31.5 Å². The molecule has 2 rings (SSSR count). The summed E-state index contributed by atoms with van der Waals surface area (Å²) in [5.41, 5.74) is 1.49. The third kappa shape index (κ3) is 4.81. The zero-order valence-corrected chi connectivity index (χ0v) is 14.5. The van der Waals surface area contributed by atoms with E-state index in [1.807, 2.05) is 0 Å². The largest absolute Gasteiger partial charge is 0.351 e. The molecule has 0 bridgehead atoms. The maximum Gasteiger partial charge on any atom is 0.270 e. The van der Waals surface area contributed by atoms with Gasteiger partial charge in [-0.3, -0.25) is 4.79 Å². The Hall–Kier alpha value is -1.85. The van der Waals surface area contributed by atoms with Crippen LogP contribution < -0.4 is 10.6 Å². The number of nitrogens with zero attached hydrogens (tertiary/aromatic N) is 2. The summed E-state index contributed by atoms with van der Waals surface area (Å²) in [6.45, 7) is 4.48. The Morgan fingerprint density at radius 1 is 1.22 bits per heavy atom. The molecule has 1 aromatic heterocycles. The van der Waals surface area contributed by atoms with Gasteiger partial charge in [0, 0.05) is 12.2 Å². The SMILES string of the molecule is CCCCNC(=O)c1cc(C)nc(Nc2c(Cl)cccc2Cl)n1. The minimum Gasteiger partial charge on any atom is -0.351 e. The van der Waals surface area contributed by atoms with Crippen molar-refractivity contribution in [2.45, 2.75) is 26.7 Å². The van der Waals surface area contributed by atoms with E-state index in [1.54, 1.807) is 31.2 Å². The van der Waals surface area contributed by atoms with Gasteiger partial charge in [-0.1, -0.05) is 42.6 Å². The Labute approximate surface area is 145 Å². The van der Waals surface area contributed by atoms with E-state index in [2.05, 4.69) is 27.5 Å². The zero-order chi connectivity index (χ0) is 16.8. The molecule has 0 fully saturated rings. The lowest BCUT2D eigenvalue weighted by Crippen LogP contribution is -2.25. The van der Waals surface area contributed by atoms with Crippen molar-refractivity contribution in [2.75, 3.05) is 11.9 Å². The molecule has 5 nitrogen and oxygen atoms in total. The van der Waals surface area contributed by atoms with E-state index in [9.17, 15) is 4.79 Å². The summed E-state index contributed by atoms with van der Waals surface area (Å²) < 4.78 is 0. The van der Waals surface area contributed by atoms with Crippen molar-refractivity contribution in [3.8, 4) is 0 Å². The standard InChI is InChI=1S/C16H18Cl2N4O/c1-3-4-8-19-15(23)13-9-10(2)20-16(21-13)22-14-11(17)6-5-7-12(14)18/h5-7,9H,3-4,8H2,1-2H3,(H,19,23)(H,20,21,22). The second-order valence-corrected chi connectivity index (χ2v) is 5.86. The van der Waals surface area contributed by atoms with E-state index in [1.165, 1.54) is 0 Å². The van der Waals surface area contributed by atoms with E-state index in [-0.39, 0.29) is 11.9 Å². The molecule has 0 atom stereocenters. The monoisotopic (exact) mass is 352 g/mol. The number of aryl methyl sites for hydroxylation is 1. The predicted octanol–water partition coefficient (Wildman–Crippen LogP) is 4.37. The van der Waals surface area contributed by atoms with E-state index >= 15 is 0 Å². The average molecular weight is 353 g/mol. The summed E-state index contributed by atoms with van der Waals surface area (Å²) in [5, 5.41) is 6.72. The lowest BCUT2D eigenvalue weighted by atomic mass is 10.3. The molecule has 1 aromatic carbocycles. The van der Waals surface area contributed by atoms with Crippen LogP contribution in [0.4, 0.5) is 11.6 Å². The van der Waals surface area contributed by atoms with Gasteiger partial charge in [0.15, 0.2) is 0 Å². The summed E-state index contributed by atoms with van der Waals surface area (Å²) in [6.07, 6.45) is 1.94. The highest BCUT2D eigenvalue weighted by molar-refractivity contribution is 6.39. The van der Waals surface area contributed by atoms with Crippen molar-refractivity contribution < 1.29 is 4.79 Å². The molecule has 1 heterocycles. The number of benzene rings is 1. The Morgan fingerprint density at radius 2 is 1.91 bits per heavy atom. The van der Waals surface area contributed by atoms with Crippen molar-refractivity contribution in [3.05, 3.63) is 45.7 Å². The van der Waals surface area contributed by atoms with Crippen LogP contribution in [0.15, 0.2) is 24.3 Å². The van der Waals surface area contributed by atoms with Gasteiger partial charge in [0.1, 0.15) is 5.69 Å². The smallest absolute Gasteiger partial charge is 0.270 e. The number of hydrogen-bond acceptors (Lipinski definition) is 4. The molecule has 0 aliphatic rings. The van der Waals surface area contributed by atoms with Gasteiger partial charge >= 0.3 is 0 Å². The van der Waals surface area contributed by atoms with Gasteiger partial charge in [-0.25, -0.2) is 9.97 Å². The number of amides is 1. The van der Waals surface area contributed by atoms with Gasteiger partial charge in [0.25, 0.3) is 5.91 Å². The molecule has 2 N–H and O–H groups in total. The van der Waals surface area contributed by atoms with Crippen molar-refractivity contribution in [1.82, 2.24) is 15.3 Å². The van der Waals surface area contributed by atoms with Crippen LogP contribution in [-0.4, -0.2) is 22.4 Å². The fourth-order valence-corrected chi connectivity index (χ4v) is 2.43. The van der Waals surface area contributed by atoms with Gasteiger partial charge in [0.2, 0.25) is 5.95 Å². The number of carbonyl (C=O) groups excluding carboxylic acids is 1. The van der Waals surface area contributed by atoms with Crippen LogP contribution in [0.5, 0.6) is 0 Å². The molecular formula is C16H18Cl2N4O. The molecule has 23 heavy (non-hydrogen) atoms. The molecular weight excluding hydrogens is 335 g/mol. The Balaban J connectivity index is 2.22. The number of hydrogen-bond donors (Lipinski definition) is 2. The second-order valence-electron chi connectivity index (χ2n) is 5.05. The maximum absolute atomic E-state index is 12.1. The molecule has 0 unspecified atom stereocenters. The highest BCUT2D eigenvalue weighted by atomic mass is 35.5. The van der Waals surface area contributed by atoms with Crippen molar-refractivity contribution in [1.29, 1.82) is 0 Å². The molecule has 0 spiro atoms. The molecule has 2 aromatic rings. The summed E-state index contributed by atoms with van der Waals surface area (Å²) in [7, 11) is 0. The fraction of sp³-hybridized carbons (Fsp3) is 0.312. The molecule has 1 amide bonds. The van der Waals surface area contributed by atoms with Crippen molar-refractivity contribution >= 4 is 40.7 Å². The number of para-hydroxylation sites is 1. The van der Waals surface area contributed by atoms with Crippen LogP contribution in [0, 0.1) is 6.92 Å². The summed E-state index contributed by atoms with van der Waals surface area (Å²) in [6, 6.07) is 6.81. The molecule has 0 radical (unpaired) electrons. The van der Waals surface area contributed by atoms with Crippen LogP contribution in [0.25, 0.3) is 0 Å². The third-order valence-corrected chi connectivity index (χ3v) is 3.73. The minimum absolute atomic E-state index is 0.225. The van der Waals surface area contributed by atoms with E-state index < -0.39 is 0 Å². The minimum atomic E-state index is -0.225. The van der Waals surface area contributed by atoms with Gasteiger partial charge in [0.05, 0.1) is 15.7 Å². The van der Waals surface area contributed by atoms with E-state index in [0.717, 1.165) is 12.8 Å². The van der Waals surface area contributed by atoms with Gasteiger partial charge < -0.3 is 10.6 Å². The summed E-state index contributed by atoms with van der Waals surface area (Å²) in [4.78, 5) is 20.6. The van der Waals surface area contributed by atoms with Gasteiger partial charge in [-0.2, -0.15) is 0 Å². The van der Waals surface area contributed by atoms with Crippen LogP contribution in [-0.2, 0) is 0 Å². The number of aromatic nitrogens is 2. The zero-order valence-electron chi connectivity index (χ0n) is 13.0. The van der Waals surface area contributed by atoms with Gasteiger partial charge in [-0.15, -0.1) is 0 Å². The van der Waals surface area contributed by atoms with E-state index in [4.69, 9.17) is 23.2 Å². The lowest BCUT2D eigenvalue weighted by molar-refractivity contribution is 0.0948. The summed E-state index contributed by atoms with van der Waals surface area (Å²) >= 11 is 12.2. The Morgan fingerprint density at radius 3 is 2.57 bits per heavy atom. The molecule has 122 valence electrons. The Kier molecular flexibility index (Phi) is 6.19. The molecule has 0 saturated carbocycles. The Bertz CT molecular complexity index is 686. The number of carbonyl (C=O) groups is 1. The first-order valence-electron chi connectivity index (χ1n) is 7.36. The highest BCUT2D eigenvalue weighted by Crippen LogP contribution is 2.31. The van der Waals surface area contributed by atoms with Crippen LogP contribution in [0.1, 0.15) is 35.9 Å². The maximum atomic E-state index is 12.1. The predicted molar refractivity (Wildman–Crippen MR) is 93.8 cm³/mol. The first-order valence-corrected chi connectivity index (χ1v) is 8.11. The number of halogens is 2. The molecule has 0 aliphatic carbocycles. The number of rotatable bonds is 6. The number of unbranched alkanes of at least 4 members (excludes halogenated alkanes) is 1. The second kappa shape index (κ2) is 8.13. The lowest BCUT2D eigenvalue weighted by Gasteiger charge is -2.11. The quantitative estimate of drug-likeness (QED) is 0.757. The first kappa shape index (κ1) is 17.5. The van der Waals surface area contributed by atoms with Crippen molar-refractivity contribution in [2.24, 2.45) is 0 Å².